The lowest BCUT2D eigenvalue weighted by Crippen LogP contribution is -2.28. The van der Waals surface area contributed by atoms with E-state index in [1.54, 1.807) is 0 Å². The molecule has 0 aliphatic heterocycles. The summed E-state index contributed by atoms with van der Waals surface area (Å²) in [4.78, 5) is 10.0. The largest absolute Gasteiger partial charge is 0.481 e. The van der Waals surface area contributed by atoms with Gasteiger partial charge in [0.2, 0.25) is 11.6 Å². The number of nitrogens with zero attached hydrogens (tertiary/aromatic N) is 1. The first kappa shape index (κ1) is 13.7. The highest BCUT2D eigenvalue weighted by Gasteiger charge is 2.32. The van der Waals surface area contributed by atoms with Gasteiger partial charge in [-0.15, -0.1) is 0 Å². The molecule has 0 amide bonds. The summed E-state index contributed by atoms with van der Waals surface area (Å²) >= 11 is 0. The second-order valence-corrected chi connectivity index (χ2v) is 4.55. The van der Waals surface area contributed by atoms with Crippen molar-refractivity contribution in [3.05, 3.63) is 33.9 Å². The molecule has 2 rings (SSSR count). The van der Waals surface area contributed by atoms with Crippen LogP contribution < -0.4 is 10.5 Å². The third-order valence-electron chi connectivity index (χ3n) is 3.39. The summed E-state index contributed by atoms with van der Waals surface area (Å²) < 4.78 is 32.2. The normalized spacial score (nSPS) is 22.5. The van der Waals surface area contributed by atoms with Crippen LogP contribution in [0.15, 0.2) is 12.1 Å². The van der Waals surface area contributed by atoms with Crippen molar-refractivity contribution in [3.8, 4) is 5.75 Å². The molecule has 0 saturated heterocycles. The SMILES string of the molecule is NCC1CCCC1Oc1c([N+](=O)[O-])ccc(F)c1F. The van der Waals surface area contributed by atoms with Gasteiger partial charge in [-0.3, -0.25) is 10.1 Å². The Balaban J connectivity index is 2.32. The fourth-order valence-corrected chi connectivity index (χ4v) is 2.36. The standard InChI is InChI=1S/C12H14F2N2O3/c13-8-4-5-9(16(17)18)12(11(8)14)19-10-3-1-2-7(10)6-15/h4-5,7,10H,1-3,6,15H2. The van der Waals surface area contributed by atoms with Gasteiger partial charge in [0.05, 0.1) is 4.92 Å². The zero-order chi connectivity index (χ0) is 14.0. The second kappa shape index (κ2) is 5.48. The topological polar surface area (TPSA) is 78.4 Å². The number of nitro groups is 1. The molecule has 1 aliphatic rings. The fraction of sp³-hybridized carbons (Fsp3) is 0.500. The lowest BCUT2D eigenvalue weighted by atomic mass is 10.1. The maximum absolute atomic E-state index is 13.7. The molecule has 1 saturated carbocycles. The van der Waals surface area contributed by atoms with Crippen LogP contribution in [0.3, 0.4) is 0 Å². The second-order valence-electron chi connectivity index (χ2n) is 4.55. The van der Waals surface area contributed by atoms with Crippen LogP contribution in [0.1, 0.15) is 19.3 Å². The Kier molecular flexibility index (Phi) is 3.94. The van der Waals surface area contributed by atoms with Crippen LogP contribution in [0.2, 0.25) is 0 Å². The Labute approximate surface area is 108 Å². The molecule has 0 spiro atoms. The molecule has 19 heavy (non-hydrogen) atoms. The lowest BCUT2D eigenvalue weighted by molar-refractivity contribution is -0.386. The van der Waals surface area contributed by atoms with Crippen molar-refractivity contribution in [3.63, 3.8) is 0 Å². The molecule has 1 aliphatic carbocycles. The lowest BCUT2D eigenvalue weighted by Gasteiger charge is -2.20. The highest BCUT2D eigenvalue weighted by molar-refractivity contribution is 5.47. The maximum atomic E-state index is 13.7. The molecule has 2 N–H and O–H groups in total. The summed E-state index contributed by atoms with van der Waals surface area (Å²) in [5, 5.41) is 10.8. The number of nitro benzene ring substituents is 1. The van der Waals surface area contributed by atoms with Crippen LogP contribution >= 0.6 is 0 Å². The van der Waals surface area contributed by atoms with Crippen molar-refractivity contribution >= 4 is 5.69 Å². The third-order valence-corrected chi connectivity index (χ3v) is 3.39. The monoisotopic (exact) mass is 272 g/mol. The highest BCUT2D eigenvalue weighted by Crippen LogP contribution is 2.36. The first-order chi connectivity index (χ1) is 9.04. The molecule has 2 unspecified atom stereocenters. The molecule has 1 aromatic carbocycles. The van der Waals surface area contributed by atoms with Crippen molar-refractivity contribution < 1.29 is 18.4 Å². The zero-order valence-corrected chi connectivity index (χ0v) is 10.1. The first-order valence-electron chi connectivity index (χ1n) is 6.03. The van der Waals surface area contributed by atoms with Crippen molar-refractivity contribution in [2.75, 3.05) is 6.54 Å². The van der Waals surface area contributed by atoms with Crippen LogP contribution in [0.25, 0.3) is 0 Å². The molecular formula is C12H14F2N2O3. The van der Waals surface area contributed by atoms with Gasteiger partial charge in [-0.25, -0.2) is 4.39 Å². The molecule has 1 aromatic rings. The number of halogens is 2. The average molecular weight is 272 g/mol. The minimum Gasteiger partial charge on any atom is -0.481 e. The van der Waals surface area contributed by atoms with E-state index in [9.17, 15) is 18.9 Å². The minimum absolute atomic E-state index is 0.0160. The Morgan fingerprint density at radius 2 is 2.16 bits per heavy atom. The van der Waals surface area contributed by atoms with Gasteiger partial charge in [0.25, 0.3) is 0 Å². The predicted molar refractivity (Wildman–Crippen MR) is 63.8 cm³/mol. The molecule has 1 fully saturated rings. The Morgan fingerprint density at radius 3 is 2.79 bits per heavy atom. The summed E-state index contributed by atoms with van der Waals surface area (Å²) in [6, 6.07) is 1.62. The molecule has 5 nitrogen and oxygen atoms in total. The molecule has 0 radical (unpaired) electrons. The Hall–Kier alpha value is -1.76. The summed E-state index contributed by atoms with van der Waals surface area (Å²) in [6.45, 7) is 0.357. The summed E-state index contributed by atoms with van der Waals surface area (Å²) in [7, 11) is 0. The van der Waals surface area contributed by atoms with Gasteiger partial charge < -0.3 is 10.5 Å². The fourth-order valence-electron chi connectivity index (χ4n) is 2.36. The number of rotatable bonds is 4. The van der Waals surface area contributed by atoms with E-state index >= 15 is 0 Å². The average Bonchev–Trinajstić information content (AvgIpc) is 2.82. The predicted octanol–water partition coefficient (Wildman–Crippen LogP) is 2.38. The van der Waals surface area contributed by atoms with Crippen LogP contribution in [0, 0.1) is 27.7 Å². The van der Waals surface area contributed by atoms with E-state index in [-0.39, 0.29) is 5.92 Å². The highest BCUT2D eigenvalue weighted by atomic mass is 19.2. The van der Waals surface area contributed by atoms with Gasteiger partial charge >= 0.3 is 5.69 Å². The van der Waals surface area contributed by atoms with E-state index in [0.717, 1.165) is 25.0 Å². The Bertz CT molecular complexity index is 496. The number of hydrogen-bond acceptors (Lipinski definition) is 4. The molecule has 2 atom stereocenters. The summed E-state index contributed by atoms with van der Waals surface area (Å²) in [5.41, 5.74) is 4.99. The summed E-state index contributed by atoms with van der Waals surface area (Å²) in [6.07, 6.45) is 1.91. The molecular weight excluding hydrogens is 258 g/mol. The molecule has 0 aromatic heterocycles. The van der Waals surface area contributed by atoms with E-state index in [2.05, 4.69) is 0 Å². The van der Waals surface area contributed by atoms with Crippen molar-refractivity contribution in [2.45, 2.75) is 25.4 Å². The molecule has 104 valence electrons. The number of hydrogen-bond donors (Lipinski definition) is 1. The number of benzene rings is 1. The van der Waals surface area contributed by atoms with Gasteiger partial charge in [-0.2, -0.15) is 4.39 Å². The van der Waals surface area contributed by atoms with Gasteiger partial charge in [-0.1, -0.05) is 0 Å². The first-order valence-corrected chi connectivity index (χ1v) is 6.03. The number of ether oxygens (including phenoxy) is 1. The third kappa shape index (κ3) is 2.65. The minimum atomic E-state index is -1.32. The van der Waals surface area contributed by atoms with E-state index in [0.29, 0.717) is 13.0 Å². The molecule has 7 heteroatoms. The van der Waals surface area contributed by atoms with E-state index in [1.807, 2.05) is 0 Å². The van der Waals surface area contributed by atoms with Crippen LogP contribution in [-0.2, 0) is 0 Å². The molecule has 0 bridgehead atoms. The molecule has 0 heterocycles. The zero-order valence-electron chi connectivity index (χ0n) is 10.1. The van der Waals surface area contributed by atoms with Gasteiger partial charge in [0.1, 0.15) is 6.10 Å². The van der Waals surface area contributed by atoms with Gasteiger partial charge in [0, 0.05) is 12.0 Å². The summed E-state index contributed by atoms with van der Waals surface area (Å²) in [5.74, 6) is -3.10. The Morgan fingerprint density at radius 1 is 1.42 bits per heavy atom. The van der Waals surface area contributed by atoms with Gasteiger partial charge in [0.15, 0.2) is 5.82 Å². The quantitative estimate of drug-likeness (QED) is 0.674. The van der Waals surface area contributed by atoms with Crippen LogP contribution in [0.4, 0.5) is 14.5 Å². The smallest absolute Gasteiger partial charge is 0.314 e. The number of nitrogens with two attached hydrogens (primary N) is 1. The van der Waals surface area contributed by atoms with Crippen molar-refractivity contribution in [1.82, 2.24) is 0 Å². The van der Waals surface area contributed by atoms with E-state index < -0.39 is 34.1 Å². The van der Waals surface area contributed by atoms with Gasteiger partial charge in [-0.05, 0) is 31.9 Å². The van der Waals surface area contributed by atoms with Crippen molar-refractivity contribution in [1.29, 1.82) is 0 Å². The van der Waals surface area contributed by atoms with Crippen molar-refractivity contribution in [2.24, 2.45) is 11.7 Å². The van der Waals surface area contributed by atoms with Crippen LogP contribution in [0.5, 0.6) is 5.75 Å². The van der Waals surface area contributed by atoms with E-state index in [4.69, 9.17) is 10.5 Å². The van der Waals surface area contributed by atoms with Crippen LogP contribution in [-0.4, -0.2) is 17.6 Å². The van der Waals surface area contributed by atoms with E-state index in [1.165, 1.54) is 0 Å². The maximum Gasteiger partial charge on any atom is 0.314 e.